The number of esters is 1. The van der Waals surface area contributed by atoms with Gasteiger partial charge in [-0.05, 0) is 48.9 Å². The number of rotatable bonds is 6. The smallest absolute Gasteiger partial charge is 0.328 e. The second-order valence-corrected chi connectivity index (χ2v) is 6.14. The molecule has 25 heavy (non-hydrogen) atoms. The minimum Gasteiger partial charge on any atom is -0.464 e. The Kier molecular flexibility index (Phi) is 6.67. The van der Waals surface area contributed by atoms with Crippen molar-refractivity contribution in [3.63, 3.8) is 0 Å². The van der Waals surface area contributed by atoms with Crippen LogP contribution in [0, 0.1) is 0 Å². The van der Waals surface area contributed by atoms with Crippen LogP contribution in [0.4, 0.5) is 5.69 Å². The first kappa shape index (κ1) is 19.1. The molecule has 0 bridgehead atoms. The van der Waals surface area contributed by atoms with Gasteiger partial charge in [0.2, 0.25) is 0 Å². The highest BCUT2D eigenvalue weighted by atomic mass is 35.5. The SMILES string of the molecule is CCOC(=O)C(Cc1c(N)cccc1Cl)NC(=O)c1ccc(Cl)cc1. The topological polar surface area (TPSA) is 81.4 Å². The summed E-state index contributed by atoms with van der Waals surface area (Å²) in [6.07, 6.45) is 0.129. The van der Waals surface area contributed by atoms with Gasteiger partial charge in [0.15, 0.2) is 0 Å². The van der Waals surface area contributed by atoms with Crippen LogP contribution in [0.3, 0.4) is 0 Å². The van der Waals surface area contributed by atoms with Crippen LogP contribution in [0.25, 0.3) is 0 Å². The molecule has 0 spiro atoms. The largest absolute Gasteiger partial charge is 0.464 e. The Morgan fingerprint density at radius 3 is 2.44 bits per heavy atom. The molecule has 0 aliphatic carbocycles. The molecule has 7 heteroatoms. The van der Waals surface area contributed by atoms with Crippen molar-refractivity contribution in [3.8, 4) is 0 Å². The molecule has 132 valence electrons. The summed E-state index contributed by atoms with van der Waals surface area (Å²) in [6.45, 7) is 1.89. The molecule has 2 aromatic carbocycles. The van der Waals surface area contributed by atoms with Crippen LogP contribution in [0.5, 0.6) is 0 Å². The minimum atomic E-state index is -0.912. The highest BCUT2D eigenvalue weighted by molar-refractivity contribution is 6.31. The van der Waals surface area contributed by atoms with Gasteiger partial charge in [0.25, 0.3) is 5.91 Å². The van der Waals surface area contributed by atoms with E-state index in [0.717, 1.165) is 0 Å². The molecule has 0 saturated heterocycles. The van der Waals surface area contributed by atoms with Crippen molar-refractivity contribution >= 4 is 40.8 Å². The van der Waals surface area contributed by atoms with E-state index in [1.54, 1.807) is 49.4 Å². The van der Waals surface area contributed by atoms with E-state index < -0.39 is 17.9 Å². The maximum atomic E-state index is 12.4. The van der Waals surface area contributed by atoms with Crippen molar-refractivity contribution in [1.82, 2.24) is 5.32 Å². The summed E-state index contributed by atoms with van der Waals surface area (Å²) in [7, 11) is 0. The zero-order valence-corrected chi connectivity index (χ0v) is 15.1. The number of hydrogen-bond acceptors (Lipinski definition) is 4. The second kappa shape index (κ2) is 8.74. The molecule has 1 amide bonds. The predicted molar refractivity (Wildman–Crippen MR) is 98.9 cm³/mol. The molecule has 0 radical (unpaired) electrons. The van der Waals surface area contributed by atoms with E-state index in [9.17, 15) is 9.59 Å². The van der Waals surface area contributed by atoms with Gasteiger partial charge >= 0.3 is 5.97 Å². The van der Waals surface area contributed by atoms with Gasteiger partial charge in [-0.15, -0.1) is 0 Å². The Hall–Kier alpha value is -2.24. The summed E-state index contributed by atoms with van der Waals surface area (Å²) in [5, 5.41) is 3.61. The molecule has 2 rings (SSSR count). The van der Waals surface area contributed by atoms with Gasteiger partial charge in [-0.25, -0.2) is 4.79 Å². The van der Waals surface area contributed by atoms with Gasteiger partial charge in [0.1, 0.15) is 6.04 Å². The van der Waals surface area contributed by atoms with Crippen molar-refractivity contribution in [2.45, 2.75) is 19.4 Å². The zero-order chi connectivity index (χ0) is 18.4. The fraction of sp³-hybridized carbons (Fsp3) is 0.222. The predicted octanol–water partition coefficient (Wildman–Crippen LogP) is 3.48. The van der Waals surface area contributed by atoms with Crippen molar-refractivity contribution in [2.75, 3.05) is 12.3 Å². The molecule has 0 fully saturated rings. The molecule has 0 aromatic heterocycles. The molecule has 0 aliphatic heterocycles. The average Bonchev–Trinajstić information content (AvgIpc) is 2.58. The number of ether oxygens (including phenoxy) is 1. The Bertz CT molecular complexity index is 743. The van der Waals surface area contributed by atoms with Crippen molar-refractivity contribution < 1.29 is 14.3 Å². The minimum absolute atomic E-state index is 0.129. The molecule has 2 aromatic rings. The lowest BCUT2D eigenvalue weighted by Gasteiger charge is -2.19. The molecule has 3 N–H and O–H groups in total. The van der Waals surface area contributed by atoms with Gasteiger partial charge in [-0.3, -0.25) is 4.79 Å². The summed E-state index contributed by atoms with van der Waals surface area (Å²) in [6, 6.07) is 10.5. The zero-order valence-electron chi connectivity index (χ0n) is 13.6. The molecule has 5 nitrogen and oxygen atoms in total. The monoisotopic (exact) mass is 380 g/mol. The van der Waals surface area contributed by atoms with Gasteiger partial charge in [-0.2, -0.15) is 0 Å². The lowest BCUT2D eigenvalue weighted by molar-refractivity contribution is -0.145. The maximum absolute atomic E-state index is 12.4. The molecular weight excluding hydrogens is 363 g/mol. The van der Waals surface area contributed by atoms with Crippen molar-refractivity contribution in [1.29, 1.82) is 0 Å². The second-order valence-electron chi connectivity index (χ2n) is 5.30. The molecule has 0 heterocycles. The molecular formula is C18H18Cl2N2O3. The summed E-state index contributed by atoms with van der Waals surface area (Å²) < 4.78 is 5.05. The lowest BCUT2D eigenvalue weighted by atomic mass is 10.0. The summed E-state index contributed by atoms with van der Waals surface area (Å²) in [5.74, 6) is -0.968. The van der Waals surface area contributed by atoms with Gasteiger partial charge < -0.3 is 15.8 Å². The Morgan fingerprint density at radius 1 is 1.16 bits per heavy atom. The van der Waals surface area contributed by atoms with Crippen LogP contribution in [-0.4, -0.2) is 24.5 Å². The van der Waals surface area contributed by atoms with E-state index in [2.05, 4.69) is 5.32 Å². The van der Waals surface area contributed by atoms with E-state index in [1.807, 2.05) is 0 Å². The van der Waals surface area contributed by atoms with Crippen LogP contribution in [0.2, 0.25) is 10.0 Å². The number of halogens is 2. The summed E-state index contributed by atoms with van der Waals surface area (Å²) in [5.41, 5.74) is 7.35. The first-order chi connectivity index (χ1) is 11.9. The molecule has 0 aliphatic rings. The number of hydrogen-bond donors (Lipinski definition) is 2. The first-order valence-electron chi connectivity index (χ1n) is 7.68. The number of amides is 1. The Labute approximate surface area is 156 Å². The maximum Gasteiger partial charge on any atom is 0.328 e. The van der Waals surface area contributed by atoms with E-state index in [4.69, 9.17) is 33.7 Å². The van der Waals surface area contributed by atoms with E-state index in [0.29, 0.717) is 26.9 Å². The number of nitrogens with two attached hydrogens (primary N) is 1. The van der Waals surface area contributed by atoms with Crippen molar-refractivity contribution in [2.24, 2.45) is 0 Å². The third kappa shape index (κ3) is 5.11. The fourth-order valence-electron chi connectivity index (χ4n) is 2.27. The van der Waals surface area contributed by atoms with Gasteiger partial charge in [0.05, 0.1) is 6.61 Å². The fourth-order valence-corrected chi connectivity index (χ4v) is 2.66. The van der Waals surface area contributed by atoms with E-state index in [-0.39, 0.29) is 13.0 Å². The Morgan fingerprint density at radius 2 is 1.84 bits per heavy atom. The van der Waals surface area contributed by atoms with E-state index in [1.165, 1.54) is 0 Å². The van der Waals surface area contributed by atoms with Crippen LogP contribution in [0.1, 0.15) is 22.8 Å². The third-order valence-corrected chi connectivity index (χ3v) is 4.15. The molecule has 1 atom stereocenters. The van der Waals surface area contributed by atoms with Crippen LogP contribution in [0.15, 0.2) is 42.5 Å². The quantitative estimate of drug-likeness (QED) is 0.593. The third-order valence-electron chi connectivity index (χ3n) is 3.55. The van der Waals surface area contributed by atoms with Crippen LogP contribution < -0.4 is 11.1 Å². The summed E-state index contributed by atoms with van der Waals surface area (Å²) >= 11 is 12.0. The number of carbonyl (C=O) groups is 2. The number of nitrogens with one attached hydrogen (secondary N) is 1. The number of benzene rings is 2. The van der Waals surface area contributed by atoms with E-state index >= 15 is 0 Å². The molecule has 0 saturated carbocycles. The number of nitrogen functional groups attached to an aromatic ring is 1. The first-order valence-corrected chi connectivity index (χ1v) is 8.44. The van der Waals surface area contributed by atoms with Gasteiger partial charge in [0, 0.05) is 27.7 Å². The van der Waals surface area contributed by atoms with Crippen molar-refractivity contribution in [3.05, 3.63) is 63.6 Å². The van der Waals surface area contributed by atoms with Crippen LogP contribution >= 0.6 is 23.2 Å². The van der Waals surface area contributed by atoms with Gasteiger partial charge in [-0.1, -0.05) is 29.3 Å². The summed E-state index contributed by atoms with van der Waals surface area (Å²) in [4.78, 5) is 24.7. The number of carbonyl (C=O) groups excluding carboxylic acids is 2. The standard InChI is InChI=1S/C18H18Cl2N2O3/c1-2-25-18(24)16(10-13-14(20)4-3-5-15(13)21)22-17(23)11-6-8-12(19)9-7-11/h3-9,16H,2,10,21H2,1H3,(H,22,23). The highest BCUT2D eigenvalue weighted by Gasteiger charge is 2.25. The number of anilines is 1. The Balaban J connectivity index is 2.22. The van der Waals surface area contributed by atoms with Crippen LogP contribution in [-0.2, 0) is 16.0 Å². The molecule has 1 unspecified atom stereocenters. The lowest BCUT2D eigenvalue weighted by Crippen LogP contribution is -2.43. The highest BCUT2D eigenvalue weighted by Crippen LogP contribution is 2.24. The normalized spacial score (nSPS) is 11.6. The average molecular weight is 381 g/mol.